The lowest BCUT2D eigenvalue weighted by Crippen LogP contribution is -2.16. The molecule has 0 amide bonds. The topological polar surface area (TPSA) is 67.3 Å². The summed E-state index contributed by atoms with van der Waals surface area (Å²) in [6.07, 6.45) is 1.56. The Hall–Kier alpha value is -0.730. The number of carboxylic acid groups (broad SMARTS) is 1. The van der Waals surface area contributed by atoms with Gasteiger partial charge in [0.05, 0.1) is 9.13 Å². The number of hydrogen-bond acceptors (Lipinski definition) is 3. The van der Waals surface area contributed by atoms with Crippen LogP contribution in [0.15, 0.2) is 11.6 Å². The lowest BCUT2D eigenvalue weighted by atomic mass is 10.0. The molecule has 0 aliphatic rings. The lowest BCUT2D eigenvalue weighted by molar-refractivity contribution is -0.132. The Balaban J connectivity index is 3.47. The fourth-order valence-electron chi connectivity index (χ4n) is 1.29. The van der Waals surface area contributed by atoms with Gasteiger partial charge in [0.2, 0.25) is 5.78 Å². The molecule has 1 heterocycles. The minimum absolute atomic E-state index is 0.157. The molecule has 0 aromatic carbocycles. The number of ketones is 1. The van der Waals surface area contributed by atoms with E-state index < -0.39 is 28.3 Å². The smallest absolute Gasteiger partial charge is 0.339 e. The third kappa shape index (κ3) is 3.43. The molecule has 0 atom stereocenters. The first-order valence-electron chi connectivity index (χ1n) is 4.99. The first-order chi connectivity index (χ1) is 8.81. The fourth-order valence-corrected chi connectivity index (χ4v) is 2.85. The van der Waals surface area contributed by atoms with Gasteiger partial charge in [0.25, 0.3) is 0 Å². The Bertz CT molecular complexity index is 590. The van der Waals surface area contributed by atoms with Crippen molar-refractivity contribution in [2.75, 3.05) is 0 Å². The summed E-state index contributed by atoms with van der Waals surface area (Å²) in [6.45, 7) is 1.67. The summed E-state index contributed by atoms with van der Waals surface area (Å²) in [6, 6.07) is 0. The summed E-state index contributed by atoms with van der Waals surface area (Å²) in [5, 5.41) is 8.17. The highest BCUT2D eigenvalue weighted by atomic mass is 127. The van der Waals surface area contributed by atoms with Gasteiger partial charge in [-0.3, -0.25) is 4.79 Å². The first-order valence-corrected chi connectivity index (χ1v) is 6.82. The van der Waals surface area contributed by atoms with E-state index >= 15 is 0 Å². The molecule has 0 aliphatic carbocycles. The molecule has 0 spiro atoms. The van der Waals surface area contributed by atoms with E-state index in [0.29, 0.717) is 6.42 Å². The average molecular weight is 418 g/mol. The number of carbonyl (C=O) groups excluding carboxylic acids is 1. The van der Waals surface area contributed by atoms with E-state index in [-0.39, 0.29) is 14.3 Å². The molecule has 0 radical (unpaired) electrons. The van der Waals surface area contributed by atoms with Crippen LogP contribution in [0, 0.1) is 9.39 Å². The maximum Gasteiger partial charge on any atom is 0.339 e. The van der Waals surface area contributed by atoms with Crippen molar-refractivity contribution in [1.29, 1.82) is 0 Å². The maximum absolute atomic E-state index is 13.6. The van der Waals surface area contributed by atoms with Crippen LogP contribution in [0.3, 0.4) is 0 Å². The second-order valence-electron chi connectivity index (χ2n) is 3.36. The zero-order valence-corrected chi connectivity index (χ0v) is 13.2. The highest BCUT2D eigenvalue weighted by Crippen LogP contribution is 2.29. The molecule has 1 rings (SSSR count). The Morgan fingerprint density at radius 1 is 1.42 bits per heavy atom. The molecular formula is C11H7Cl2FINO3. The van der Waals surface area contributed by atoms with Gasteiger partial charge in [-0.05, 0) is 29.0 Å². The van der Waals surface area contributed by atoms with Gasteiger partial charge >= 0.3 is 5.97 Å². The second kappa shape index (κ2) is 6.62. The minimum Gasteiger partial charge on any atom is -0.478 e. The van der Waals surface area contributed by atoms with Crippen LogP contribution in [-0.2, 0) is 4.79 Å². The van der Waals surface area contributed by atoms with Crippen molar-refractivity contribution in [3.8, 4) is 0 Å². The molecule has 0 unspecified atom stereocenters. The molecule has 8 heteroatoms. The average Bonchev–Trinajstić information content (AvgIpc) is 2.32. The van der Waals surface area contributed by atoms with Crippen LogP contribution in [0.25, 0.3) is 0 Å². The zero-order chi connectivity index (χ0) is 14.7. The third-order valence-corrected chi connectivity index (χ3v) is 3.64. The van der Waals surface area contributed by atoms with E-state index in [1.807, 2.05) is 0 Å². The molecule has 0 fully saturated rings. The largest absolute Gasteiger partial charge is 0.478 e. The number of aliphatic carboxylic acids is 1. The first kappa shape index (κ1) is 16.3. The van der Waals surface area contributed by atoms with Crippen molar-refractivity contribution in [2.24, 2.45) is 0 Å². The van der Waals surface area contributed by atoms with Crippen LogP contribution in [0.1, 0.15) is 23.7 Å². The van der Waals surface area contributed by atoms with Crippen molar-refractivity contribution in [3.05, 3.63) is 36.9 Å². The molecule has 102 valence electrons. The van der Waals surface area contributed by atoms with Gasteiger partial charge in [0.1, 0.15) is 10.7 Å². The van der Waals surface area contributed by atoms with Gasteiger partial charge in [-0.2, -0.15) is 0 Å². The number of aromatic nitrogens is 1. The molecule has 0 saturated heterocycles. The Morgan fingerprint density at radius 3 is 2.47 bits per heavy atom. The SMILES string of the molecule is CC/C=C(\C(=O)O)C(=O)c1c(Cl)nc(Cl)c(F)c1I. The predicted molar refractivity (Wildman–Crippen MR) is 77.3 cm³/mol. The molecule has 1 aromatic heterocycles. The van der Waals surface area contributed by atoms with Gasteiger partial charge in [-0.25, -0.2) is 14.2 Å². The molecule has 0 bridgehead atoms. The summed E-state index contributed by atoms with van der Waals surface area (Å²) in [7, 11) is 0. The third-order valence-electron chi connectivity index (χ3n) is 2.11. The fraction of sp³-hybridized carbons (Fsp3) is 0.182. The summed E-state index contributed by atoms with van der Waals surface area (Å²) >= 11 is 12.8. The van der Waals surface area contributed by atoms with E-state index in [9.17, 15) is 14.0 Å². The number of halogens is 4. The second-order valence-corrected chi connectivity index (χ2v) is 5.15. The van der Waals surface area contributed by atoms with E-state index in [2.05, 4.69) is 4.98 Å². The van der Waals surface area contributed by atoms with Crippen LogP contribution in [0.2, 0.25) is 10.3 Å². The van der Waals surface area contributed by atoms with Gasteiger partial charge < -0.3 is 5.11 Å². The molecule has 1 N–H and O–H groups in total. The quantitative estimate of drug-likeness (QED) is 0.202. The van der Waals surface area contributed by atoms with Crippen molar-refractivity contribution in [2.45, 2.75) is 13.3 Å². The van der Waals surface area contributed by atoms with Crippen LogP contribution < -0.4 is 0 Å². The molecule has 4 nitrogen and oxygen atoms in total. The lowest BCUT2D eigenvalue weighted by Gasteiger charge is -2.08. The molecule has 0 saturated carbocycles. The molecule has 19 heavy (non-hydrogen) atoms. The molecular weight excluding hydrogens is 411 g/mol. The van der Waals surface area contributed by atoms with Gasteiger partial charge in [0, 0.05) is 0 Å². The van der Waals surface area contributed by atoms with Crippen molar-refractivity contribution < 1.29 is 19.1 Å². The Labute approximate surface area is 131 Å². The van der Waals surface area contributed by atoms with Crippen LogP contribution >= 0.6 is 45.8 Å². The summed E-state index contributed by atoms with van der Waals surface area (Å²) < 4.78 is 13.4. The number of rotatable bonds is 4. The van der Waals surface area contributed by atoms with Crippen LogP contribution in [0.5, 0.6) is 0 Å². The van der Waals surface area contributed by atoms with Gasteiger partial charge in [-0.15, -0.1) is 0 Å². The van der Waals surface area contributed by atoms with Gasteiger partial charge in [0.15, 0.2) is 11.0 Å². The number of hydrogen-bond donors (Lipinski definition) is 1. The van der Waals surface area contributed by atoms with Gasteiger partial charge in [-0.1, -0.05) is 36.2 Å². The monoisotopic (exact) mass is 417 g/mol. The molecule has 0 aliphatic heterocycles. The minimum atomic E-state index is -1.41. The number of carbonyl (C=O) groups is 2. The van der Waals surface area contributed by atoms with Crippen LogP contribution in [0.4, 0.5) is 4.39 Å². The van der Waals surface area contributed by atoms with E-state index in [1.165, 1.54) is 28.7 Å². The number of nitrogens with zero attached hydrogens (tertiary/aromatic N) is 1. The Kier molecular flexibility index (Phi) is 5.69. The van der Waals surface area contributed by atoms with Crippen molar-refractivity contribution in [1.82, 2.24) is 4.98 Å². The van der Waals surface area contributed by atoms with Crippen molar-refractivity contribution >= 4 is 57.5 Å². The standard InChI is InChI=1S/C11H7Cl2FINO3/c1-2-3-4(11(18)19)8(17)5-7(15)6(14)10(13)16-9(5)12/h3H,2H2,1H3,(H,18,19)/b4-3-. The van der Waals surface area contributed by atoms with Crippen LogP contribution in [-0.4, -0.2) is 21.8 Å². The maximum atomic E-state index is 13.6. The predicted octanol–water partition coefficient (Wildman–Crippen LogP) is 3.74. The van der Waals surface area contributed by atoms with E-state index in [0.717, 1.165) is 0 Å². The highest BCUT2D eigenvalue weighted by molar-refractivity contribution is 14.1. The number of allylic oxidation sites excluding steroid dienone is 1. The Morgan fingerprint density at radius 2 is 2.00 bits per heavy atom. The summed E-state index contributed by atoms with van der Waals surface area (Å²) in [5.41, 5.74) is -0.780. The zero-order valence-electron chi connectivity index (χ0n) is 9.51. The highest BCUT2D eigenvalue weighted by Gasteiger charge is 2.27. The number of Topliss-reactive ketones (excluding diaryl/α,β-unsaturated/α-hetero) is 1. The molecule has 1 aromatic rings. The van der Waals surface area contributed by atoms with Crippen molar-refractivity contribution in [3.63, 3.8) is 0 Å². The van der Waals surface area contributed by atoms with E-state index in [1.54, 1.807) is 6.92 Å². The summed E-state index contributed by atoms with van der Waals surface area (Å²) in [4.78, 5) is 26.6. The summed E-state index contributed by atoms with van der Waals surface area (Å²) in [5.74, 6) is -3.21. The normalized spacial score (nSPS) is 11.5. The van der Waals surface area contributed by atoms with E-state index in [4.69, 9.17) is 28.3 Å². The number of carboxylic acids is 1. The number of pyridine rings is 1.